The standard InChI is InChI=1S/C29H21BrN2O5/c1-36-25-15-20(14-23-27(33)31-29(35)32(28(23)34)21-11-3-2-4-12-21)24(30)16-26(25)37-17-19-10-7-9-18-8-5-6-13-22(18)19/h2-16H,17H2,1H3,(H,31,33,35)/b23-14-. The van der Waals surface area contributed by atoms with Crippen molar-refractivity contribution in [3.63, 3.8) is 0 Å². The Morgan fingerprint density at radius 1 is 0.892 bits per heavy atom. The first-order valence-corrected chi connectivity index (χ1v) is 12.2. The quantitative estimate of drug-likeness (QED) is 0.237. The Bertz CT molecular complexity index is 1560. The predicted octanol–water partition coefficient (Wildman–Crippen LogP) is 5.86. The highest BCUT2D eigenvalue weighted by atomic mass is 79.9. The Hall–Kier alpha value is -4.43. The van der Waals surface area contributed by atoms with Crippen molar-refractivity contribution < 1.29 is 23.9 Å². The van der Waals surface area contributed by atoms with Gasteiger partial charge in [-0.2, -0.15) is 0 Å². The molecule has 4 amide bonds. The van der Waals surface area contributed by atoms with Gasteiger partial charge in [-0.05, 0) is 52.2 Å². The fourth-order valence-corrected chi connectivity index (χ4v) is 4.57. The predicted molar refractivity (Wildman–Crippen MR) is 144 cm³/mol. The van der Waals surface area contributed by atoms with Crippen molar-refractivity contribution in [2.24, 2.45) is 0 Å². The summed E-state index contributed by atoms with van der Waals surface area (Å²) >= 11 is 3.51. The van der Waals surface area contributed by atoms with Crippen molar-refractivity contribution in [2.75, 3.05) is 12.0 Å². The second-order valence-electron chi connectivity index (χ2n) is 8.24. The fourth-order valence-electron chi connectivity index (χ4n) is 4.13. The minimum atomic E-state index is -0.799. The molecule has 1 fully saturated rings. The van der Waals surface area contributed by atoms with Crippen LogP contribution in [0.5, 0.6) is 11.5 Å². The molecular formula is C29H21BrN2O5. The van der Waals surface area contributed by atoms with Crippen LogP contribution in [0.1, 0.15) is 11.1 Å². The van der Waals surface area contributed by atoms with E-state index in [4.69, 9.17) is 9.47 Å². The van der Waals surface area contributed by atoms with E-state index in [0.29, 0.717) is 33.8 Å². The van der Waals surface area contributed by atoms with Gasteiger partial charge in [0.05, 0.1) is 12.8 Å². The largest absolute Gasteiger partial charge is 0.493 e. The lowest BCUT2D eigenvalue weighted by Gasteiger charge is -2.26. The number of para-hydroxylation sites is 1. The van der Waals surface area contributed by atoms with Gasteiger partial charge in [0, 0.05) is 4.47 Å². The first kappa shape index (κ1) is 24.3. The van der Waals surface area contributed by atoms with Crippen LogP contribution < -0.4 is 19.7 Å². The Labute approximate surface area is 221 Å². The van der Waals surface area contributed by atoms with Gasteiger partial charge in [0.2, 0.25) is 0 Å². The van der Waals surface area contributed by atoms with E-state index in [0.717, 1.165) is 21.2 Å². The fraction of sp³-hybridized carbons (Fsp3) is 0.0690. The Morgan fingerprint density at radius 3 is 2.41 bits per heavy atom. The van der Waals surface area contributed by atoms with Crippen LogP contribution in [-0.4, -0.2) is 25.0 Å². The molecule has 1 aliphatic rings. The average molecular weight is 557 g/mol. The lowest BCUT2D eigenvalue weighted by atomic mass is 10.1. The Kier molecular flexibility index (Phi) is 6.74. The molecule has 4 aromatic carbocycles. The molecule has 0 bridgehead atoms. The number of barbiturate groups is 1. The van der Waals surface area contributed by atoms with Gasteiger partial charge in [-0.25, -0.2) is 9.69 Å². The minimum Gasteiger partial charge on any atom is -0.493 e. The minimum absolute atomic E-state index is 0.185. The maximum atomic E-state index is 13.2. The average Bonchev–Trinajstić information content (AvgIpc) is 2.91. The number of ether oxygens (including phenoxy) is 2. The smallest absolute Gasteiger partial charge is 0.335 e. The van der Waals surface area contributed by atoms with Crippen molar-refractivity contribution in [1.82, 2.24) is 5.32 Å². The van der Waals surface area contributed by atoms with Gasteiger partial charge in [-0.1, -0.05) is 76.6 Å². The molecule has 8 heteroatoms. The van der Waals surface area contributed by atoms with Gasteiger partial charge in [-0.15, -0.1) is 0 Å². The first-order valence-electron chi connectivity index (χ1n) is 11.4. The van der Waals surface area contributed by atoms with Crippen LogP contribution in [0.2, 0.25) is 0 Å². The number of methoxy groups -OCH3 is 1. The third-order valence-electron chi connectivity index (χ3n) is 5.96. The van der Waals surface area contributed by atoms with Crippen LogP contribution in [0.4, 0.5) is 10.5 Å². The number of nitrogens with one attached hydrogen (secondary N) is 1. The molecule has 184 valence electrons. The maximum absolute atomic E-state index is 13.2. The number of fused-ring (bicyclic) bond motifs is 1. The van der Waals surface area contributed by atoms with E-state index in [-0.39, 0.29) is 5.57 Å². The highest BCUT2D eigenvalue weighted by molar-refractivity contribution is 9.10. The maximum Gasteiger partial charge on any atom is 0.335 e. The van der Waals surface area contributed by atoms with E-state index in [2.05, 4.69) is 21.2 Å². The molecular weight excluding hydrogens is 536 g/mol. The van der Waals surface area contributed by atoms with Gasteiger partial charge in [0.1, 0.15) is 12.2 Å². The van der Waals surface area contributed by atoms with Gasteiger partial charge in [0.25, 0.3) is 11.8 Å². The molecule has 37 heavy (non-hydrogen) atoms. The molecule has 0 radical (unpaired) electrons. The zero-order valence-corrected chi connectivity index (χ0v) is 21.3. The number of carbonyl (C=O) groups excluding carboxylic acids is 3. The number of hydrogen-bond donors (Lipinski definition) is 1. The molecule has 7 nitrogen and oxygen atoms in total. The van der Waals surface area contributed by atoms with Crippen LogP contribution in [0.25, 0.3) is 16.8 Å². The SMILES string of the molecule is COc1cc(/C=C2/C(=O)NC(=O)N(c3ccccc3)C2=O)c(Br)cc1OCc1cccc2ccccc12. The number of benzene rings is 4. The van der Waals surface area contributed by atoms with Crippen molar-refractivity contribution >= 4 is 56.3 Å². The van der Waals surface area contributed by atoms with E-state index in [1.165, 1.54) is 13.2 Å². The van der Waals surface area contributed by atoms with E-state index < -0.39 is 17.8 Å². The lowest BCUT2D eigenvalue weighted by Crippen LogP contribution is -2.54. The number of nitrogens with zero attached hydrogens (tertiary/aromatic N) is 1. The molecule has 0 aromatic heterocycles. The van der Waals surface area contributed by atoms with Crippen molar-refractivity contribution in [3.05, 3.63) is 106 Å². The first-order chi connectivity index (χ1) is 18.0. The summed E-state index contributed by atoms with van der Waals surface area (Å²) in [6.07, 6.45) is 1.42. The number of amides is 4. The summed E-state index contributed by atoms with van der Waals surface area (Å²) in [5, 5.41) is 4.45. The van der Waals surface area contributed by atoms with E-state index in [1.54, 1.807) is 42.5 Å². The van der Waals surface area contributed by atoms with E-state index >= 15 is 0 Å². The highest BCUT2D eigenvalue weighted by Gasteiger charge is 2.36. The van der Waals surface area contributed by atoms with Crippen LogP contribution in [0.15, 0.2) is 95.0 Å². The molecule has 0 aliphatic carbocycles. The molecule has 0 saturated carbocycles. The second-order valence-corrected chi connectivity index (χ2v) is 9.10. The number of urea groups is 1. The summed E-state index contributed by atoms with van der Waals surface area (Å²) in [5.41, 5.74) is 1.71. The van der Waals surface area contributed by atoms with Gasteiger partial charge in [0.15, 0.2) is 11.5 Å². The summed E-state index contributed by atoms with van der Waals surface area (Å²) in [6.45, 7) is 0.319. The van der Waals surface area contributed by atoms with Crippen LogP contribution in [-0.2, 0) is 16.2 Å². The highest BCUT2D eigenvalue weighted by Crippen LogP contribution is 2.36. The number of hydrogen-bond acceptors (Lipinski definition) is 5. The molecule has 4 aromatic rings. The number of imide groups is 2. The molecule has 1 N–H and O–H groups in total. The molecule has 0 atom stereocenters. The summed E-state index contributed by atoms with van der Waals surface area (Å²) in [5.74, 6) is -0.577. The van der Waals surface area contributed by atoms with Gasteiger partial charge < -0.3 is 9.47 Å². The van der Waals surface area contributed by atoms with Crippen molar-refractivity contribution in [1.29, 1.82) is 0 Å². The summed E-state index contributed by atoms with van der Waals surface area (Å²) in [4.78, 5) is 39.1. The molecule has 1 saturated heterocycles. The van der Waals surface area contributed by atoms with Gasteiger partial charge in [-0.3, -0.25) is 14.9 Å². The number of rotatable bonds is 6. The van der Waals surface area contributed by atoms with Crippen LogP contribution in [0, 0.1) is 0 Å². The van der Waals surface area contributed by atoms with E-state index in [9.17, 15) is 14.4 Å². The topological polar surface area (TPSA) is 84.9 Å². The van der Waals surface area contributed by atoms with Crippen molar-refractivity contribution in [3.8, 4) is 11.5 Å². The molecule has 1 heterocycles. The zero-order valence-electron chi connectivity index (χ0n) is 19.7. The Balaban J connectivity index is 1.45. The van der Waals surface area contributed by atoms with E-state index in [1.807, 2.05) is 42.5 Å². The Morgan fingerprint density at radius 2 is 1.62 bits per heavy atom. The molecule has 1 aliphatic heterocycles. The zero-order chi connectivity index (χ0) is 25.9. The van der Waals surface area contributed by atoms with Gasteiger partial charge >= 0.3 is 6.03 Å². The third-order valence-corrected chi connectivity index (χ3v) is 6.65. The summed E-state index contributed by atoms with van der Waals surface area (Å²) in [6, 6.07) is 25.1. The summed E-state index contributed by atoms with van der Waals surface area (Å²) in [7, 11) is 1.51. The molecule has 0 unspecified atom stereocenters. The van der Waals surface area contributed by atoms with Crippen LogP contribution >= 0.6 is 15.9 Å². The van der Waals surface area contributed by atoms with Crippen LogP contribution in [0.3, 0.4) is 0 Å². The molecule has 5 rings (SSSR count). The number of carbonyl (C=O) groups is 3. The second kappa shape index (κ2) is 10.3. The summed E-state index contributed by atoms with van der Waals surface area (Å²) < 4.78 is 12.2. The normalized spacial score (nSPS) is 14.7. The third kappa shape index (κ3) is 4.83. The molecule has 0 spiro atoms. The monoisotopic (exact) mass is 556 g/mol. The number of halogens is 1. The van der Waals surface area contributed by atoms with Crippen molar-refractivity contribution in [2.45, 2.75) is 6.61 Å². The lowest BCUT2D eigenvalue weighted by molar-refractivity contribution is -0.122. The number of anilines is 1.